The molecule has 0 aliphatic heterocycles. The van der Waals surface area contributed by atoms with Gasteiger partial charge in [0.25, 0.3) is 0 Å². The number of rotatable bonds is 7. The summed E-state index contributed by atoms with van der Waals surface area (Å²) >= 11 is 0. The monoisotopic (exact) mass is 249 g/mol. The zero-order valence-corrected chi connectivity index (χ0v) is 10.0. The predicted octanol–water partition coefficient (Wildman–Crippen LogP) is 1.46. The Morgan fingerprint density at radius 2 is 1.33 bits per heavy atom. The van der Waals surface area contributed by atoms with Crippen molar-refractivity contribution in [3.63, 3.8) is 0 Å². The number of hydrogen-bond donors (Lipinski definition) is 0. The lowest BCUT2D eigenvalue weighted by atomic mass is 10.6. The smallest absolute Gasteiger partial charge is 0.323 e. The Morgan fingerprint density at radius 3 is 1.67 bits per heavy atom. The maximum absolute atomic E-state index is 8.00. The zero-order valence-electron chi connectivity index (χ0n) is 10.0. The molecule has 0 N–H and O–H groups in total. The highest BCUT2D eigenvalue weighted by atomic mass is 16.5. The zero-order chi connectivity index (χ0) is 13.8. The van der Waals surface area contributed by atoms with E-state index in [1.165, 1.54) is 6.08 Å². The fraction of sp³-hybridized carbons (Fsp3) is 0.167. The number of ether oxygens (including phenoxy) is 2. The average molecular weight is 249 g/mol. The quantitative estimate of drug-likeness (QED) is 0.681. The lowest BCUT2D eigenvalue weighted by Gasteiger charge is -2.05. The second kappa shape index (κ2) is 9.71. The summed E-state index contributed by atoms with van der Waals surface area (Å²) in [6.07, 6.45) is 4.69. The van der Waals surface area contributed by atoms with E-state index in [0.717, 1.165) is 0 Å². The van der Waals surface area contributed by atoms with Gasteiger partial charge in [-0.25, -0.2) is 0 Å². The first-order chi connectivity index (χ1) is 8.80. The molecule has 1 rings (SSSR count). The van der Waals surface area contributed by atoms with Gasteiger partial charge in [0.05, 0.1) is 0 Å². The number of aromatic nitrogens is 3. The van der Waals surface area contributed by atoms with Crippen molar-refractivity contribution in [2.45, 2.75) is 0 Å². The van der Waals surface area contributed by atoms with E-state index < -0.39 is 0 Å². The van der Waals surface area contributed by atoms with Crippen LogP contribution in [0.1, 0.15) is 5.82 Å². The van der Waals surface area contributed by atoms with Crippen LogP contribution in [-0.4, -0.2) is 35.0 Å². The summed E-state index contributed by atoms with van der Waals surface area (Å²) < 4.78 is 10.4. The van der Waals surface area contributed by atoms with E-state index in [0.29, 0.717) is 19.0 Å². The Hall–Kier alpha value is -2.50. The first kappa shape index (κ1) is 15.5. The molecular formula is C12H15N3O3. The molecule has 0 aliphatic rings. The van der Waals surface area contributed by atoms with Crippen molar-refractivity contribution in [2.24, 2.45) is 0 Å². The minimum Gasteiger partial charge on any atom is -0.459 e. The van der Waals surface area contributed by atoms with Crippen molar-refractivity contribution in [1.29, 1.82) is 0 Å². The van der Waals surface area contributed by atoms with Crippen LogP contribution in [0.5, 0.6) is 12.0 Å². The van der Waals surface area contributed by atoms with Crippen LogP contribution in [0.25, 0.3) is 6.08 Å². The topological polar surface area (TPSA) is 74.2 Å². The van der Waals surface area contributed by atoms with Gasteiger partial charge in [-0.2, -0.15) is 9.97 Å². The fourth-order valence-corrected chi connectivity index (χ4v) is 0.840. The highest BCUT2D eigenvalue weighted by Crippen LogP contribution is 2.10. The lowest BCUT2D eigenvalue weighted by molar-refractivity contribution is -0.0979. The normalized spacial score (nSPS) is 8.44. The second-order valence-electron chi connectivity index (χ2n) is 2.66. The molecule has 0 atom stereocenters. The van der Waals surface area contributed by atoms with Gasteiger partial charge in [0, 0.05) is 0 Å². The highest BCUT2D eigenvalue weighted by molar-refractivity contribution is 5.36. The van der Waals surface area contributed by atoms with Gasteiger partial charge < -0.3 is 14.3 Å². The van der Waals surface area contributed by atoms with Gasteiger partial charge >= 0.3 is 12.0 Å². The minimum atomic E-state index is 0.184. The van der Waals surface area contributed by atoms with Crippen LogP contribution in [0.3, 0.4) is 0 Å². The Balaban J connectivity index is 0.00000137. The molecule has 1 aromatic heterocycles. The third-order valence-corrected chi connectivity index (χ3v) is 1.45. The average Bonchev–Trinajstić information content (AvgIpc) is 2.44. The molecule has 18 heavy (non-hydrogen) atoms. The van der Waals surface area contributed by atoms with Crippen LogP contribution in [0.2, 0.25) is 0 Å². The van der Waals surface area contributed by atoms with Gasteiger partial charge in [0.1, 0.15) is 20.0 Å². The number of carbonyl (C=O) groups is 1. The molecule has 0 spiro atoms. The maximum atomic E-state index is 8.00. The van der Waals surface area contributed by atoms with Crippen LogP contribution in [-0.2, 0) is 4.79 Å². The predicted molar refractivity (Wildman–Crippen MR) is 68.4 cm³/mol. The van der Waals surface area contributed by atoms with Gasteiger partial charge in [-0.15, -0.1) is 4.98 Å². The van der Waals surface area contributed by atoms with Gasteiger partial charge in [-0.05, 0) is 6.08 Å². The summed E-state index contributed by atoms with van der Waals surface area (Å²) in [5.74, 6) is 0.396. The first-order valence-electron chi connectivity index (χ1n) is 4.95. The van der Waals surface area contributed by atoms with Gasteiger partial charge in [-0.3, -0.25) is 0 Å². The van der Waals surface area contributed by atoms with Crippen molar-refractivity contribution in [3.05, 3.63) is 37.7 Å². The Kier molecular flexibility index (Phi) is 8.36. The summed E-state index contributed by atoms with van der Waals surface area (Å²) in [6.45, 7) is 13.3. The van der Waals surface area contributed by atoms with E-state index in [9.17, 15) is 0 Å². The largest absolute Gasteiger partial charge is 0.459 e. The first-order valence-corrected chi connectivity index (χ1v) is 4.95. The fourth-order valence-electron chi connectivity index (χ4n) is 0.840. The third-order valence-electron chi connectivity index (χ3n) is 1.45. The van der Waals surface area contributed by atoms with Crippen molar-refractivity contribution >= 4 is 12.9 Å². The van der Waals surface area contributed by atoms with E-state index >= 15 is 0 Å². The van der Waals surface area contributed by atoms with Crippen LogP contribution in [0.15, 0.2) is 31.9 Å². The summed E-state index contributed by atoms with van der Waals surface area (Å²) in [4.78, 5) is 19.9. The number of carbonyl (C=O) groups excluding carboxylic acids is 1. The molecule has 0 fully saturated rings. The highest BCUT2D eigenvalue weighted by Gasteiger charge is 2.05. The molecule has 0 saturated carbocycles. The second-order valence-corrected chi connectivity index (χ2v) is 2.66. The van der Waals surface area contributed by atoms with Crippen LogP contribution in [0.4, 0.5) is 0 Å². The third kappa shape index (κ3) is 5.55. The SMILES string of the molecule is C=CCOc1nc(C=C)nc(OCC=C)n1.C=O. The Morgan fingerprint density at radius 1 is 0.889 bits per heavy atom. The van der Waals surface area contributed by atoms with Gasteiger partial charge in [0.15, 0.2) is 5.82 Å². The summed E-state index contributed by atoms with van der Waals surface area (Å²) in [5.41, 5.74) is 0. The summed E-state index contributed by atoms with van der Waals surface area (Å²) in [5, 5.41) is 0. The van der Waals surface area contributed by atoms with Crippen LogP contribution < -0.4 is 9.47 Å². The molecular weight excluding hydrogens is 234 g/mol. The molecule has 0 bridgehead atoms. The van der Waals surface area contributed by atoms with Gasteiger partial charge in [-0.1, -0.05) is 31.9 Å². The molecule has 0 radical (unpaired) electrons. The molecule has 96 valence electrons. The Bertz CT molecular complexity index is 377. The standard InChI is InChI=1S/C11H13N3O2.CH2O/c1-4-7-15-10-12-9(6-3)13-11(14-10)16-8-5-2;1-2/h4-6H,1-3,7-8H2;1H2. The maximum Gasteiger partial charge on any atom is 0.323 e. The minimum absolute atomic E-state index is 0.184. The van der Waals surface area contributed by atoms with Gasteiger partial charge in [0.2, 0.25) is 0 Å². The molecule has 1 heterocycles. The van der Waals surface area contributed by atoms with E-state index in [-0.39, 0.29) is 12.0 Å². The molecule has 0 unspecified atom stereocenters. The molecule has 0 aliphatic carbocycles. The van der Waals surface area contributed by atoms with E-state index in [1.54, 1.807) is 12.2 Å². The molecule has 6 heteroatoms. The van der Waals surface area contributed by atoms with E-state index in [4.69, 9.17) is 14.3 Å². The summed E-state index contributed by atoms with van der Waals surface area (Å²) in [7, 11) is 0. The van der Waals surface area contributed by atoms with E-state index in [2.05, 4.69) is 34.7 Å². The molecule has 0 saturated heterocycles. The lowest BCUT2D eigenvalue weighted by Crippen LogP contribution is -2.05. The van der Waals surface area contributed by atoms with Crippen molar-refractivity contribution in [1.82, 2.24) is 15.0 Å². The Labute approximate surface area is 106 Å². The molecule has 1 aromatic rings. The molecule has 6 nitrogen and oxygen atoms in total. The summed E-state index contributed by atoms with van der Waals surface area (Å²) in [6, 6.07) is 0.368. The number of nitrogens with zero attached hydrogens (tertiary/aromatic N) is 3. The van der Waals surface area contributed by atoms with E-state index in [1.807, 2.05) is 6.79 Å². The molecule has 0 amide bonds. The van der Waals surface area contributed by atoms with Crippen molar-refractivity contribution in [3.8, 4) is 12.0 Å². The van der Waals surface area contributed by atoms with Crippen molar-refractivity contribution in [2.75, 3.05) is 13.2 Å². The van der Waals surface area contributed by atoms with Crippen molar-refractivity contribution < 1.29 is 14.3 Å². The number of hydrogen-bond acceptors (Lipinski definition) is 6. The molecule has 0 aromatic carbocycles. The van der Waals surface area contributed by atoms with Crippen LogP contribution in [0, 0.1) is 0 Å². The van der Waals surface area contributed by atoms with Crippen LogP contribution >= 0.6 is 0 Å².